The molecule has 1 saturated heterocycles. The van der Waals surface area contributed by atoms with Crippen LogP contribution in [0.4, 0.5) is 0 Å². The van der Waals surface area contributed by atoms with Gasteiger partial charge in [0, 0.05) is 18.8 Å². The molecule has 116 valence electrons. The van der Waals surface area contributed by atoms with E-state index < -0.39 is 0 Å². The Morgan fingerprint density at radius 2 is 1.95 bits per heavy atom. The molecule has 1 aromatic rings. The second-order valence-electron chi connectivity index (χ2n) is 5.55. The third-order valence-corrected chi connectivity index (χ3v) is 3.90. The Kier molecular flexibility index (Phi) is 5.04. The van der Waals surface area contributed by atoms with Crippen LogP contribution in [0.2, 0.25) is 0 Å². The number of nitrogens with one attached hydrogen (secondary N) is 1. The Labute approximate surface area is 126 Å². The fraction of sp³-hybridized carbons (Fsp3) is 0.625. The first-order valence-electron chi connectivity index (χ1n) is 7.71. The van der Waals surface area contributed by atoms with Crippen molar-refractivity contribution in [2.75, 3.05) is 19.7 Å². The van der Waals surface area contributed by atoms with E-state index in [-0.39, 0.29) is 5.97 Å². The van der Waals surface area contributed by atoms with Crippen molar-refractivity contribution in [1.29, 1.82) is 0 Å². The second kappa shape index (κ2) is 6.78. The van der Waals surface area contributed by atoms with Crippen LogP contribution in [-0.2, 0) is 4.74 Å². The summed E-state index contributed by atoms with van der Waals surface area (Å²) in [5.74, 6) is -0.263. The monoisotopic (exact) mass is 291 g/mol. The number of rotatable bonds is 4. The van der Waals surface area contributed by atoms with Crippen LogP contribution in [0.1, 0.15) is 60.4 Å². The average molecular weight is 291 g/mol. The highest BCUT2D eigenvalue weighted by Gasteiger charge is 2.20. The van der Waals surface area contributed by atoms with Gasteiger partial charge in [-0.2, -0.15) is 5.10 Å². The molecule has 5 heteroatoms. The standard InChI is InChI=1S/C16H25N3O2/c1-5-21-16(20)14-11(2)15(17-12(14)3)13(4)18-19-9-7-6-8-10-19/h17H,5-10H2,1-4H3/b18-13+. The Bertz CT molecular complexity index is 540. The summed E-state index contributed by atoms with van der Waals surface area (Å²) in [6.07, 6.45) is 3.69. The second-order valence-corrected chi connectivity index (χ2v) is 5.55. The molecule has 1 aliphatic heterocycles. The maximum Gasteiger partial charge on any atom is 0.340 e. The lowest BCUT2D eigenvalue weighted by Crippen LogP contribution is -2.26. The minimum atomic E-state index is -0.263. The fourth-order valence-electron chi connectivity index (χ4n) is 2.86. The molecule has 2 rings (SSSR count). The lowest BCUT2D eigenvalue weighted by molar-refractivity contribution is 0.0525. The van der Waals surface area contributed by atoms with Gasteiger partial charge in [0.2, 0.25) is 0 Å². The number of ether oxygens (including phenoxy) is 1. The lowest BCUT2D eigenvalue weighted by atomic mass is 10.1. The highest BCUT2D eigenvalue weighted by atomic mass is 16.5. The number of aromatic amines is 1. The van der Waals surface area contributed by atoms with Crippen molar-refractivity contribution in [2.24, 2.45) is 5.10 Å². The molecule has 0 aromatic carbocycles. The van der Waals surface area contributed by atoms with E-state index in [1.54, 1.807) is 0 Å². The van der Waals surface area contributed by atoms with Crippen LogP contribution in [0.15, 0.2) is 5.10 Å². The molecular weight excluding hydrogens is 266 g/mol. The maximum absolute atomic E-state index is 12.0. The van der Waals surface area contributed by atoms with Gasteiger partial charge in [0.15, 0.2) is 0 Å². The molecule has 1 aromatic heterocycles. The predicted octanol–water partition coefficient (Wildman–Crippen LogP) is 3.02. The van der Waals surface area contributed by atoms with E-state index in [9.17, 15) is 4.79 Å². The van der Waals surface area contributed by atoms with Crippen molar-refractivity contribution in [3.8, 4) is 0 Å². The summed E-state index contributed by atoms with van der Waals surface area (Å²) in [5.41, 5.74) is 4.26. The van der Waals surface area contributed by atoms with Crippen molar-refractivity contribution in [3.63, 3.8) is 0 Å². The van der Waals surface area contributed by atoms with Crippen molar-refractivity contribution in [2.45, 2.75) is 47.0 Å². The third-order valence-electron chi connectivity index (χ3n) is 3.90. The molecule has 0 unspecified atom stereocenters. The zero-order valence-corrected chi connectivity index (χ0v) is 13.5. The number of hydrogen-bond acceptors (Lipinski definition) is 4. The van der Waals surface area contributed by atoms with Crippen LogP contribution in [0.3, 0.4) is 0 Å². The van der Waals surface area contributed by atoms with Gasteiger partial charge in [0.25, 0.3) is 0 Å². The number of piperidine rings is 1. The third kappa shape index (κ3) is 3.46. The number of esters is 1. The summed E-state index contributed by atoms with van der Waals surface area (Å²) >= 11 is 0. The minimum absolute atomic E-state index is 0.263. The molecule has 1 aliphatic rings. The molecule has 5 nitrogen and oxygen atoms in total. The number of hydrogen-bond donors (Lipinski definition) is 1. The van der Waals surface area contributed by atoms with Gasteiger partial charge in [-0.3, -0.25) is 5.01 Å². The number of H-pyrrole nitrogens is 1. The van der Waals surface area contributed by atoms with E-state index in [0.717, 1.165) is 35.8 Å². The van der Waals surface area contributed by atoms with Crippen molar-refractivity contribution < 1.29 is 9.53 Å². The number of carbonyl (C=O) groups is 1. The van der Waals surface area contributed by atoms with Gasteiger partial charge in [0.05, 0.1) is 23.6 Å². The number of carbonyl (C=O) groups excluding carboxylic acids is 1. The normalized spacial score (nSPS) is 16.2. The Balaban J connectivity index is 2.25. The number of aromatic nitrogens is 1. The Morgan fingerprint density at radius 3 is 2.57 bits per heavy atom. The highest BCUT2D eigenvalue weighted by Crippen LogP contribution is 2.20. The molecular formula is C16H25N3O2. The fourth-order valence-corrected chi connectivity index (χ4v) is 2.86. The minimum Gasteiger partial charge on any atom is -0.462 e. The van der Waals surface area contributed by atoms with Crippen LogP contribution < -0.4 is 0 Å². The van der Waals surface area contributed by atoms with Crippen LogP contribution >= 0.6 is 0 Å². The smallest absolute Gasteiger partial charge is 0.340 e. The van der Waals surface area contributed by atoms with Gasteiger partial charge in [-0.15, -0.1) is 0 Å². The summed E-state index contributed by atoms with van der Waals surface area (Å²) in [4.78, 5) is 15.3. The molecule has 0 atom stereocenters. The topological polar surface area (TPSA) is 57.7 Å². The maximum atomic E-state index is 12.0. The van der Waals surface area contributed by atoms with E-state index in [1.165, 1.54) is 19.3 Å². The molecule has 1 N–H and O–H groups in total. The summed E-state index contributed by atoms with van der Waals surface area (Å²) in [6, 6.07) is 0. The van der Waals surface area contributed by atoms with Crippen LogP contribution in [0, 0.1) is 13.8 Å². The molecule has 0 spiro atoms. The summed E-state index contributed by atoms with van der Waals surface area (Å²) < 4.78 is 5.12. The van der Waals surface area contributed by atoms with Gasteiger partial charge in [-0.25, -0.2) is 4.79 Å². The molecule has 0 aliphatic carbocycles. The first kappa shape index (κ1) is 15.6. The van der Waals surface area contributed by atoms with Crippen LogP contribution in [0.5, 0.6) is 0 Å². The van der Waals surface area contributed by atoms with Crippen LogP contribution in [-0.4, -0.2) is 41.4 Å². The molecule has 1 fully saturated rings. The van der Waals surface area contributed by atoms with Crippen molar-refractivity contribution >= 4 is 11.7 Å². The first-order valence-corrected chi connectivity index (χ1v) is 7.71. The van der Waals surface area contributed by atoms with Crippen molar-refractivity contribution in [1.82, 2.24) is 9.99 Å². The quantitative estimate of drug-likeness (QED) is 0.685. The predicted molar refractivity (Wildman–Crippen MR) is 83.9 cm³/mol. The summed E-state index contributed by atoms with van der Waals surface area (Å²) in [7, 11) is 0. The average Bonchev–Trinajstić information content (AvgIpc) is 2.75. The van der Waals surface area contributed by atoms with E-state index in [0.29, 0.717) is 12.2 Å². The lowest BCUT2D eigenvalue weighted by Gasteiger charge is -2.24. The van der Waals surface area contributed by atoms with Gasteiger partial charge in [-0.05, 0) is 52.5 Å². The molecule has 0 saturated carbocycles. The largest absolute Gasteiger partial charge is 0.462 e. The molecule has 0 amide bonds. The molecule has 2 heterocycles. The summed E-state index contributed by atoms with van der Waals surface area (Å²) in [5, 5.41) is 6.82. The van der Waals surface area contributed by atoms with Gasteiger partial charge in [-0.1, -0.05) is 0 Å². The molecule has 0 radical (unpaired) electrons. The zero-order valence-electron chi connectivity index (χ0n) is 13.5. The zero-order chi connectivity index (χ0) is 15.4. The Hall–Kier alpha value is -1.78. The van der Waals surface area contributed by atoms with E-state index >= 15 is 0 Å². The first-order chi connectivity index (χ1) is 10.0. The number of aryl methyl sites for hydroxylation is 1. The van der Waals surface area contributed by atoms with E-state index in [2.05, 4.69) is 9.99 Å². The van der Waals surface area contributed by atoms with E-state index in [1.807, 2.05) is 27.7 Å². The number of nitrogens with zero attached hydrogens (tertiary/aromatic N) is 2. The van der Waals surface area contributed by atoms with E-state index in [4.69, 9.17) is 9.84 Å². The molecule has 0 bridgehead atoms. The summed E-state index contributed by atoms with van der Waals surface area (Å²) in [6.45, 7) is 10.1. The van der Waals surface area contributed by atoms with Gasteiger partial charge < -0.3 is 9.72 Å². The number of hydrazone groups is 1. The SMILES string of the molecule is CCOC(=O)c1c(C)[nH]c(/C(C)=N/N2CCCCC2)c1C. The molecule has 21 heavy (non-hydrogen) atoms. The Morgan fingerprint density at radius 1 is 1.29 bits per heavy atom. The van der Waals surface area contributed by atoms with Crippen LogP contribution in [0.25, 0.3) is 0 Å². The van der Waals surface area contributed by atoms with Gasteiger partial charge in [0.1, 0.15) is 0 Å². The highest BCUT2D eigenvalue weighted by molar-refractivity contribution is 6.02. The van der Waals surface area contributed by atoms with Crippen molar-refractivity contribution in [3.05, 3.63) is 22.5 Å². The van der Waals surface area contributed by atoms with Gasteiger partial charge >= 0.3 is 5.97 Å².